The Hall–Kier alpha value is -3.46. The highest BCUT2D eigenvalue weighted by Gasteiger charge is 2.23. The number of thiazole rings is 1. The Morgan fingerprint density at radius 1 is 1.16 bits per heavy atom. The van der Waals surface area contributed by atoms with Crippen molar-refractivity contribution in [3.05, 3.63) is 66.5 Å². The molecule has 0 spiro atoms. The van der Waals surface area contributed by atoms with Crippen molar-refractivity contribution in [1.82, 2.24) is 14.5 Å². The number of carbonyl (C=O) groups is 1. The molecule has 0 saturated heterocycles. The van der Waals surface area contributed by atoms with Crippen molar-refractivity contribution in [3.63, 3.8) is 0 Å². The molecule has 0 aliphatic carbocycles. The fourth-order valence-electron chi connectivity index (χ4n) is 3.45. The zero-order valence-corrected chi connectivity index (χ0v) is 17.3. The molecule has 3 heterocycles. The van der Waals surface area contributed by atoms with Gasteiger partial charge >= 0.3 is 0 Å². The van der Waals surface area contributed by atoms with Gasteiger partial charge in [0, 0.05) is 31.0 Å². The van der Waals surface area contributed by atoms with Crippen molar-refractivity contribution in [2.24, 2.45) is 0 Å². The lowest BCUT2D eigenvalue weighted by atomic mass is 10.1. The highest BCUT2D eigenvalue weighted by atomic mass is 32.1. The molecule has 0 radical (unpaired) electrons. The van der Waals surface area contributed by atoms with Crippen LogP contribution in [0.15, 0.2) is 55.1 Å². The van der Waals surface area contributed by atoms with Crippen LogP contribution in [0.4, 0.5) is 9.52 Å². The lowest BCUT2D eigenvalue weighted by Crippen LogP contribution is -2.32. The van der Waals surface area contributed by atoms with E-state index in [2.05, 4.69) is 9.97 Å². The number of aromatic nitrogens is 3. The van der Waals surface area contributed by atoms with E-state index in [4.69, 9.17) is 9.47 Å². The minimum absolute atomic E-state index is 0.192. The Morgan fingerprint density at radius 3 is 2.87 bits per heavy atom. The number of imidazole rings is 1. The number of halogens is 1. The van der Waals surface area contributed by atoms with Crippen LogP contribution in [0, 0.1) is 5.82 Å². The van der Waals surface area contributed by atoms with Gasteiger partial charge in [-0.3, -0.25) is 9.69 Å². The molecule has 31 heavy (non-hydrogen) atoms. The number of fused-ring (bicyclic) bond motifs is 2. The minimum atomic E-state index is -0.326. The standard InChI is InChI=1S/C22H19FN4O3S/c23-16-3-4-17-20(13-16)31-22(25-17)27(8-1-7-26-9-6-24-14-26)21(28)15-2-5-18-19(12-15)30-11-10-29-18/h2-6,9,12-14H,1,7-8,10-11H2. The van der Waals surface area contributed by atoms with Crippen molar-refractivity contribution in [1.29, 1.82) is 0 Å². The van der Waals surface area contributed by atoms with Crippen molar-refractivity contribution in [2.45, 2.75) is 13.0 Å². The topological polar surface area (TPSA) is 69.5 Å². The second-order valence-corrected chi connectivity index (χ2v) is 8.09. The first-order chi connectivity index (χ1) is 15.2. The summed E-state index contributed by atoms with van der Waals surface area (Å²) in [6.45, 7) is 2.10. The first-order valence-electron chi connectivity index (χ1n) is 9.91. The quantitative estimate of drug-likeness (QED) is 0.453. The minimum Gasteiger partial charge on any atom is -0.486 e. The molecule has 0 fully saturated rings. The monoisotopic (exact) mass is 438 g/mol. The predicted octanol–water partition coefficient (Wildman–Crippen LogP) is 4.14. The lowest BCUT2D eigenvalue weighted by Gasteiger charge is -2.22. The normalized spacial score (nSPS) is 12.8. The fourth-order valence-corrected chi connectivity index (χ4v) is 4.46. The molecule has 0 N–H and O–H groups in total. The van der Waals surface area contributed by atoms with E-state index in [0.717, 1.165) is 0 Å². The maximum absolute atomic E-state index is 13.7. The van der Waals surface area contributed by atoms with E-state index in [-0.39, 0.29) is 11.7 Å². The summed E-state index contributed by atoms with van der Waals surface area (Å²) >= 11 is 1.30. The van der Waals surface area contributed by atoms with Gasteiger partial charge in [0.05, 0.1) is 16.5 Å². The first kappa shape index (κ1) is 19.5. The van der Waals surface area contributed by atoms with Gasteiger partial charge in [-0.25, -0.2) is 14.4 Å². The Morgan fingerprint density at radius 2 is 2.03 bits per heavy atom. The summed E-state index contributed by atoms with van der Waals surface area (Å²) in [5.74, 6) is 0.668. The molecule has 1 aliphatic rings. The van der Waals surface area contributed by atoms with Crippen LogP contribution in [-0.2, 0) is 6.54 Å². The average molecular weight is 438 g/mol. The third-order valence-electron chi connectivity index (χ3n) is 4.96. The molecule has 158 valence electrons. The van der Waals surface area contributed by atoms with Crippen molar-refractivity contribution in [3.8, 4) is 11.5 Å². The largest absolute Gasteiger partial charge is 0.486 e. The van der Waals surface area contributed by atoms with Gasteiger partial charge < -0.3 is 14.0 Å². The summed E-state index contributed by atoms with van der Waals surface area (Å²) in [6.07, 6.45) is 6.05. The highest BCUT2D eigenvalue weighted by Crippen LogP contribution is 2.33. The zero-order chi connectivity index (χ0) is 21.2. The molecule has 0 saturated carbocycles. The molecule has 2 aromatic carbocycles. The molecular weight excluding hydrogens is 419 g/mol. The van der Waals surface area contributed by atoms with Gasteiger partial charge in [0.15, 0.2) is 16.6 Å². The van der Waals surface area contributed by atoms with Crippen LogP contribution in [0.5, 0.6) is 11.5 Å². The third kappa shape index (κ3) is 4.09. The molecule has 5 rings (SSSR count). The van der Waals surface area contributed by atoms with Crippen LogP contribution in [0.25, 0.3) is 10.2 Å². The molecule has 0 atom stereocenters. The molecule has 0 unspecified atom stereocenters. The SMILES string of the molecule is O=C(c1ccc2c(c1)OCCO2)N(CCCn1ccnc1)c1nc2ccc(F)cc2s1. The number of hydrogen-bond acceptors (Lipinski definition) is 6. The summed E-state index contributed by atoms with van der Waals surface area (Å²) in [6, 6.07) is 9.62. The van der Waals surface area contributed by atoms with Gasteiger partial charge in [0.1, 0.15) is 19.0 Å². The fraction of sp³-hybridized carbons (Fsp3) is 0.227. The molecule has 9 heteroatoms. The highest BCUT2D eigenvalue weighted by molar-refractivity contribution is 7.22. The van der Waals surface area contributed by atoms with Gasteiger partial charge in [0.25, 0.3) is 5.91 Å². The van der Waals surface area contributed by atoms with Crippen LogP contribution in [0.2, 0.25) is 0 Å². The molecule has 1 aliphatic heterocycles. The summed E-state index contributed by atoms with van der Waals surface area (Å²) in [7, 11) is 0. The van der Waals surface area contributed by atoms with E-state index in [0.29, 0.717) is 65.1 Å². The van der Waals surface area contributed by atoms with E-state index in [9.17, 15) is 9.18 Å². The molecule has 7 nitrogen and oxygen atoms in total. The molecule has 0 bridgehead atoms. The van der Waals surface area contributed by atoms with Crippen LogP contribution >= 0.6 is 11.3 Å². The van der Waals surface area contributed by atoms with E-state index in [1.165, 1.54) is 23.5 Å². The average Bonchev–Trinajstić information content (AvgIpc) is 3.45. The molecule has 4 aromatic rings. The number of ether oxygens (including phenoxy) is 2. The number of carbonyl (C=O) groups excluding carboxylic acids is 1. The second-order valence-electron chi connectivity index (χ2n) is 7.08. The smallest absolute Gasteiger partial charge is 0.260 e. The summed E-state index contributed by atoms with van der Waals surface area (Å²) in [5.41, 5.74) is 1.15. The number of hydrogen-bond donors (Lipinski definition) is 0. The Labute approximate surface area is 181 Å². The number of anilines is 1. The van der Waals surface area contributed by atoms with E-state index < -0.39 is 0 Å². The van der Waals surface area contributed by atoms with Crippen LogP contribution in [0.1, 0.15) is 16.8 Å². The second kappa shape index (κ2) is 8.35. The number of amides is 1. The Kier molecular flexibility index (Phi) is 5.25. The van der Waals surface area contributed by atoms with Gasteiger partial charge in [-0.15, -0.1) is 0 Å². The maximum atomic E-state index is 13.7. The van der Waals surface area contributed by atoms with Crippen LogP contribution in [0.3, 0.4) is 0 Å². The van der Waals surface area contributed by atoms with Crippen molar-refractivity contribution in [2.75, 3.05) is 24.7 Å². The van der Waals surface area contributed by atoms with Crippen LogP contribution < -0.4 is 14.4 Å². The van der Waals surface area contributed by atoms with Crippen LogP contribution in [-0.4, -0.2) is 40.2 Å². The number of aryl methyl sites for hydroxylation is 1. The van der Waals surface area contributed by atoms with E-state index >= 15 is 0 Å². The lowest BCUT2D eigenvalue weighted by molar-refractivity contribution is 0.0985. The van der Waals surface area contributed by atoms with Crippen molar-refractivity contribution >= 4 is 32.6 Å². The van der Waals surface area contributed by atoms with Gasteiger partial charge in [-0.1, -0.05) is 11.3 Å². The molecule has 2 aromatic heterocycles. The van der Waals surface area contributed by atoms with Gasteiger partial charge in [-0.05, 0) is 42.8 Å². The Bertz CT molecular complexity index is 1220. The van der Waals surface area contributed by atoms with E-state index in [1.807, 2.05) is 10.8 Å². The summed E-state index contributed by atoms with van der Waals surface area (Å²) < 4.78 is 27.5. The summed E-state index contributed by atoms with van der Waals surface area (Å²) in [4.78, 5) is 23.7. The van der Waals surface area contributed by atoms with Gasteiger partial charge in [0.2, 0.25) is 0 Å². The van der Waals surface area contributed by atoms with E-state index in [1.54, 1.807) is 41.7 Å². The molecular formula is C22H19FN4O3S. The number of rotatable bonds is 6. The maximum Gasteiger partial charge on any atom is 0.260 e. The van der Waals surface area contributed by atoms with Gasteiger partial charge in [-0.2, -0.15) is 0 Å². The third-order valence-corrected chi connectivity index (χ3v) is 6.00. The molecule has 1 amide bonds. The zero-order valence-electron chi connectivity index (χ0n) is 16.5. The summed E-state index contributed by atoms with van der Waals surface area (Å²) in [5, 5.41) is 0.533. The Balaban J connectivity index is 1.45. The first-order valence-corrected chi connectivity index (χ1v) is 10.7. The predicted molar refractivity (Wildman–Crippen MR) is 116 cm³/mol. The number of benzene rings is 2. The van der Waals surface area contributed by atoms with Crippen molar-refractivity contribution < 1.29 is 18.7 Å². The number of nitrogens with zero attached hydrogens (tertiary/aromatic N) is 4.